The van der Waals surface area contributed by atoms with E-state index in [0.29, 0.717) is 62.7 Å². The highest BCUT2D eigenvalue weighted by molar-refractivity contribution is 6.30. The molecule has 1 heterocycles. The number of halogens is 1. The van der Waals surface area contributed by atoms with Gasteiger partial charge in [0.25, 0.3) is 0 Å². The second-order valence-electron chi connectivity index (χ2n) is 11.7. The number of urea groups is 1. The number of piperazine rings is 1. The van der Waals surface area contributed by atoms with Gasteiger partial charge in [0.2, 0.25) is 5.91 Å². The van der Waals surface area contributed by atoms with Gasteiger partial charge >= 0.3 is 12.1 Å². The third-order valence-electron chi connectivity index (χ3n) is 8.31. The lowest BCUT2D eigenvalue weighted by Crippen LogP contribution is -2.55. The average molecular weight is 668 g/mol. The maximum Gasteiger partial charge on any atom is 0.408 e. The quantitative estimate of drug-likeness (QED) is 0.135. The number of benzene rings is 4. The molecule has 0 aromatic heterocycles. The van der Waals surface area contributed by atoms with Gasteiger partial charge in [0.1, 0.15) is 12.6 Å². The molecule has 1 saturated heterocycles. The topological polar surface area (TPSA) is 103 Å². The zero-order valence-electron chi connectivity index (χ0n) is 26.9. The Balaban J connectivity index is 1.17. The second kappa shape index (κ2) is 17.9. The number of rotatable bonds is 13. The van der Waals surface area contributed by atoms with Crippen molar-refractivity contribution in [3.05, 3.63) is 137 Å². The van der Waals surface area contributed by atoms with Crippen LogP contribution in [-0.4, -0.2) is 66.6 Å². The highest BCUT2D eigenvalue weighted by Crippen LogP contribution is 2.29. The van der Waals surface area contributed by atoms with Crippen molar-refractivity contribution in [2.75, 3.05) is 38.0 Å². The van der Waals surface area contributed by atoms with E-state index in [-0.39, 0.29) is 24.6 Å². The summed E-state index contributed by atoms with van der Waals surface area (Å²) in [5, 5.41) is 8.95. The predicted molar refractivity (Wildman–Crippen MR) is 189 cm³/mol. The second-order valence-corrected chi connectivity index (χ2v) is 12.2. The van der Waals surface area contributed by atoms with Crippen LogP contribution in [0.1, 0.15) is 42.0 Å². The molecular weight excluding hydrogens is 626 g/mol. The van der Waals surface area contributed by atoms with E-state index >= 15 is 0 Å². The molecule has 4 amide bonds. The summed E-state index contributed by atoms with van der Waals surface area (Å²) in [4.78, 5) is 43.3. The minimum Gasteiger partial charge on any atom is -0.445 e. The molecule has 5 rings (SSSR count). The summed E-state index contributed by atoms with van der Waals surface area (Å²) in [7, 11) is 0. The average Bonchev–Trinajstić information content (AvgIpc) is 3.11. The zero-order valence-corrected chi connectivity index (χ0v) is 27.6. The molecule has 1 fully saturated rings. The molecule has 250 valence electrons. The monoisotopic (exact) mass is 667 g/mol. The van der Waals surface area contributed by atoms with Crippen LogP contribution < -0.4 is 16.0 Å². The lowest BCUT2D eigenvalue weighted by Gasteiger charge is -2.40. The van der Waals surface area contributed by atoms with Crippen molar-refractivity contribution in [3.8, 4) is 0 Å². The van der Waals surface area contributed by atoms with Crippen LogP contribution in [0.3, 0.4) is 0 Å². The molecule has 48 heavy (non-hydrogen) atoms. The fourth-order valence-corrected chi connectivity index (χ4v) is 6.08. The molecule has 1 aliphatic rings. The lowest BCUT2D eigenvalue weighted by atomic mass is 9.96. The van der Waals surface area contributed by atoms with Crippen molar-refractivity contribution in [2.45, 2.75) is 38.0 Å². The molecule has 1 aliphatic heterocycles. The van der Waals surface area contributed by atoms with Crippen molar-refractivity contribution < 1.29 is 19.1 Å². The van der Waals surface area contributed by atoms with Crippen molar-refractivity contribution in [1.29, 1.82) is 0 Å². The number of hydrogen-bond donors (Lipinski definition) is 3. The fourth-order valence-electron chi connectivity index (χ4n) is 5.89. The summed E-state index contributed by atoms with van der Waals surface area (Å²) >= 11 is 6.00. The third kappa shape index (κ3) is 10.3. The number of nitrogens with zero attached hydrogens (tertiary/aromatic N) is 2. The highest BCUT2D eigenvalue weighted by atomic mass is 35.5. The molecule has 0 aliphatic carbocycles. The van der Waals surface area contributed by atoms with Gasteiger partial charge in [0, 0.05) is 43.4 Å². The molecule has 0 spiro atoms. The first-order valence-electron chi connectivity index (χ1n) is 16.4. The van der Waals surface area contributed by atoms with Crippen LogP contribution in [-0.2, 0) is 16.1 Å². The van der Waals surface area contributed by atoms with Gasteiger partial charge in [-0.3, -0.25) is 9.69 Å². The number of nitrogens with one attached hydrogen (secondary N) is 3. The van der Waals surface area contributed by atoms with Gasteiger partial charge in [-0.15, -0.1) is 0 Å². The molecule has 4 aromatic rings. The van der Waals surface area contributed by atoms with Crippen LogP contribution in [0.4, 0.5) is 15.3 Å². The van der Waals surface area contributed by atoms with Crippen molar-refractivity contribution in [3.63, 3.8) is 0 Å². The Morgan fingerprint density at radius 3 is 2.00 bits per heavy atom. The highest BCUT2D eigenvalue weighted by Gasteiger charge is 2.32. The fraction of sp³-hybridized carbons (Fsp3) is 0.289. The van der Waals surface area contributed by atoms with Gasteiger partial charge in [0.05, 0.1) is 6.04 Å². The van der Waals surface area contributed by atoms with Crippen molar-refractivity contribution in [2.24, 2.45) is 0 Å². The number of carbonyl (C=O) groups excluding carboxylic acids is 3. The normalized spacial score (nSPS) is 13.8. The first-order chi connectivity index (χ1) is 23.5. The Morgan fingerprint density at radius 2 is 1.38 bits per heavy atom. The Hall–Kier alpha value is -4.86. The molecule has 10 heteroatoms. The Bertz CT molecular complexity index is 1560. The largest absolute Gasteiger partial charge is 0.445 e. The molecule has 0 bridgehead atoms. The number of carbonyl (C=O) groups is 3. The van der Waals surface area contributed by atoms with Gasteiger partial charge < -0.3 is 25.6 Å². The summed E-state index contributed by atoms with van der Waals surface area (Å²) in [5.41, 5.74) is 3.88. The van der Waals surface area contributed by atoms with Crippen molar-refractivity contribution >= 4 is 35.3 Å². The van der Waals surface area contributed by atoms with Crippen LogP contribution >= 0.6 is 11.6 Å². The molecule has 1 atom stereocenters. The Kier molecular flexibility index (Phi) is 12.8. The zero-order chi connectivity index (χ0) is 33.6. The van der Waals surface area contributed by atoms with E-state index in [1.165, 1.54) is 11.1 Å². The van der Waals surface area contributed by atoms with Crippen LogP contribution in [0.15, 0.2) is 115 Å². The van der Waals surface area contributed by atoms with Crippen LogP contribution in [0.25, 0.3) is 0 Å². The van der Waals surface area contributed by atoms with Gasteiger partial charge in [-0.1, -0.05) is 109 Å². The van der Waals surface area contributed by atoms with Gasteiger partial charge in [0.15, 0.2) is 0 Å². The van der Waals surface area contributed by atoms with Crippen LogP contribution in [0.5, 0.6) is 0 Å². The lowest BCUT2D eigenvalue weighted by molar-refractivity contribution is -0.135. The molecule has 0 saturated carbocycles. The number of unbranched alkanes of at least 4 members (excludes halogenated alkanes) is 1. The minimum atomic E-state index is -0.751. The summed E-state index contributed by atoms with van der Waals surface area (Å²) in [5.74, 6) is -0.131. The Morgan fingerprint density at radius 1 is 0.750 bits per heavy atom. The summed E-state index contributed by atoms with van der Waals surface area (Å²) < 4.78 is 5.46. The maximum absolute atomic E-state index is 13.9. The summed E-state index contributed by atoms with van der Waals surface area (Å²) in [6.45, 7) is 2.98. The van der Waals surface area contributed by atoms with E-state index in [1.807, 2.05) is 47.4 Å². The SMILES string of the molecule is O=C(NCCCCC(NC(=O)OCc1ccccc1)C(=O)N1CCN(C(c2ccccc2)c2ccccc2)CC1)Nc1cccc(Cl)c1. The molecule has 4 aromatic carbocycles. The minimum absolute atomic E-state index is 0.0788. The van der Waals surface area contributed by atoms with E-state index in [1.54, 1.807) is 24.3 Å². The molecule has 1 unspecified atom stereocenters. The van der Waals surface area contributed by atoms with Crippen LogP contribution in [0.2, 0.25) is 5.02 Å². The number of alkyl carbamates (subject to hydrolysis) is 1. The first-order valence-corrected chi connectivity index (χ1v) is 16.7. The summed E-state index contributed by atoms with van der Waals surface area (Å²) in [6, 6.07) is 36.2. The molecular formula is C38H42ClN5O4. The molecule has 9 nitrogen and oxygen atoms in total. The first kappa shape index (κ1) is 34.5. The Labute approximate surface area is 287 Å². The molecule has 0 radical (unpaired) electrons. The van der Waals surface area contributed by atoms with Gasteiger partial charge in [-0.25, -0.2) is 9.59 Å². The van der Waals surface area contributed by atoms with Crippen LogP contribution in [0, 0.1) is 0 Å². The van der Waals surface area contributed by atoms with E-state index in [0.717, 1.165) is 5.56 Å². The van der Waals surface area contributed by atoms with E-state index in [2.05, 4.69) is 69.4 Å². The van der Waals surface area contributed by atoms with Crippen molar-refractivity contribution in [1.82, 2.24) is 20.4 Å². The smallest absolute Gasteiger partial charge is 0.408 e. The number of ether oxygens (including phenoxy) is 1. The predicted octanol–water partition coefficient (Wildman–Crippen LogP) is 6.86. The molecule has 3 N–H and O–H groups in total. The third-order valence-corrected chi connectivity index (χ3v) is 8.55. The number of anilines is 1. The van der Waals surface area contributed by atoms with E-state index < -0.39 is 12.1 Å². The van der Waals surface area contributed by atoms with E-state index in [4.69, 9.17) is 16.3 Å². The maximum atomic E-state index is 13.9. The summed E-state index contributed by atoms with van der Waals surface area (Å²) in [6.07, 6.45) is 1.00. The van der Waals surface area contributed by atoms with Gasteiger partial charge in [-0.05, 0) is 54.2 Å². The van der Waals surface area contributed by atoms with E-state index in [9.17, 15) is 14.4 Å². The number of amides is 4. The number of hydrogen-bond acceptors (Lipinski definition) is 5. The standard InChI is InChI=1S/C38H42ClN5O4/c39-32-19-12-20-33(27-32)41-37(46)40-22-11-10-21-34(42-38(47)48-28-29-13-4-1-5-14-29)36(45)44-25-23-43(24-26-44)35(30-15-6-2-7-16-30)31-17-8-3-9-18-31/h1-9,12-20,27,34-35H,10-11,21-26,28H2,(H,42,47)(H2,40,41,46). The van der Waals surface area contributed by atoms with Gasteiger partial charge in [-0.2, -0.15) is 0 Å².